The first-order valence-corrected chi connectivity index (χ1v) is 13.1. The Hall–Kier alpha value is -5.14. The second kappa shape index (κ2) is 8.94. The fraction of sp³-hybridized carbons (Fsp3) is 0. The normalized spacial score (nSPS) is 11.7. The number of H-pyrrole nitrogens is 4. The number of nitrogens with zero attached hydrogens (tertiary/aromatic N) is 4. The van der Waals surface area contributed by atoms with Crippen LogP contribution in [0.3, 0.4) is 0 Å². The van der Waals surface area contributed by atoms with Crippen molar-refractivity contribution in [2.45, 2.75) is 0 Å². The van der Waals surface area contributed by atoms with Gasteiger partial charge in [-0.15, -0.1) is 0 Å². The zero-order chi connectivity index (χ0) is 26.2. The molecule has 0 aliphatic heterocycles. The number of rotatable bonds is 0. The molecule has 41 heavy (non-hydrogen) atoms. The van der Waals surface area contributed by atoms with Crippen LogP contribution in [-0.2, 0) is 19.5 Å². The molecule has 9 rings (SSSR count). The van der Waals surface area contributed by atoms with Gasteiger partial charge in [0.15, 0.2) is 0 Å². The van der Waals surface area contributed by atoms with E-state index in [0.717, 1.165) is 71.3 Å². The Kier molecular flexibility index (Phi) is 5.17. The fourth-order valence-corrected chi connectivity index (χ4v) is 5.73. The number of hydrogen-bond donors (Lipinski definition) is 4. The van der Waals surface area contributed by atoms with E-state index in [1.807, 2.05) is 66.7 Å². The van der Waals surface area contributed by atoms with Crippen LogP contribution in [0.4, 0.5) is 0 Å². The largest absolute Gasteiger partial charge is 2.00 e. The Balaban J connectivity index is 0.00000256. The number of aromatic amines is 4. The predicted octanol–water partition coefficient (Wildman–Crippen LogP) is 7.18. The van der Waals surface area contributed by atoms with Crippen molar-refractivity contribution in [1.29, 1.82) is 0 Å². The monoisotopic (exact) mass is 580 g/mol. The fourth-order valence-electron chi connectivity index (χ4n) is 5.73. The summed E-state index contributed by atoms with van der Waals surface area (Å²) < 4.78 is 0. The van der Waals surface area contributed by atoms with Crippen LogP contribution in [0.15, 0.2) is 97.1 Å². The van der Waals surface area contributed by atoms with E-state index >= 15 is 0 Å². The molecule has 9 aromatic rings. The van der Waals surface area contributed by atoms with Crippen molar-refractivity contribution in [2.75, 3.05) is 0 Å². The maximum Gasteiger partial charge on any atom is 2.00 e. The van der Waals surface area contributed by atoms with Crippen LogP contribution in [0.25, 0.3) is 88.3 Å². The van der Waals surface area contributed by atoms with Gasteiger partial charge in [0.05, 0.1) is 11.3 Å². The minimum atomic E-state index is 0. The minimum absolute atomic E-state index is 0. The molecule has 5 heterocycles. The molecule has 0 atom stereocenters. The second-order valence-electron chi connectivity index (χ2n) is 9.92. The van der Waals surface area contributed by atoms with Crippen molar-refractivity contribution in [3.8, 4) is 0 Å². The number of benzene rings is 4. The first-order valence-electron chi connectivity index (χ1n) is 13.1. The van der Waals surface area contributed by atoms with Crippen molar-refractivity contribution in [2.24, 2.45) is 0 Å². The van der Waals surface area contributed by atoms with Crippen LogP contribution < -0.4 is 9.97 Å². The van der Waals surface area contributed by atoms with E-state index in [2.05, 4.69) is 50.3 Å². The van der Waals surface area contributed by atoms with Gasteiger partial charge in [-0.05, 0) is 21.5 Å². The van der Waals surface area contributed by atoms with Crippen LogP contribution in [0.2, 0.25) is 0 Å². The maximum absolute atomic E-state index is 5.04. The van der Waals surface area contributed by atoms with Crippen LogP contribution in [-0.4, -0.2) is 29.9 Å². The summed E-state index contributed by atoms with van der Waals surface area (Å²) in [4.78, 5) is 34.2. The molecule has 8 bridgehead atoms. The molecule has 5 aromatic heterocycles. The van der Waals surface area contributed by atoms with E-state index < -0.39 is 0 Å². The summed E-state index contributed by atoms with van der Waals surface area (Å²) >= 11 is 0. The quantitative estimate of drug-likeness (QED) is 0.142. The molecule has 0 unspecified atom stereocenters. The van der Waals surface area contributed by atoms with Crippen molar-refractivity contribution in [3.63, 3.8) is 0 Å². The Bertz CT molecular complexity index is 2050. The van der Waals surface area contributed by atoms with Gasteiger partial charge < -0.3 is 39.9 Å². The van der Waals surface area contributed by atoms with Crippen molar-refractivity contribution < 1.29 is 19.5 Å². The standard InChI is InChI=1S/C32H20N8.Zn/c1-2-10-18-17(9-1)25-33-26(18)38-28-21-13-5-6-14-22(21)30(35-28)40-32-24-16-8-7-15-23(24)31(36-32)39-29-20-12-4-3-11-19(20)27(34-29)37-25;/h1-16,33-34,37-38H;/q-2;+2. The molecule has 0 spiro atoms. The van der Waals surface area contributed by atoms with E-state index in [-0.39, 0.29) is 19.5 Å². The minimum Gasteiger partial charge on any atom is -0.400 e. The van der Waals surface area contributed by atoms with Crippen LogP contribution in [0.5, 0.6) is 0 Å². The van der Waals surface area contributed by atoms with Gasteiger partial charge in [-0.1, -0.05) is 97.1 Å². The zero-order valence-corrected chi connectivity index (χ0v) is 24.7. The first-order chi connectivity index (χ1) is 19.8. The molecule has 0 fully saturated rings. The average molecular weight is 582 g/mol. The zero-order valence-electron chi connectivity index (χ0n) is 21.7. The van der Waals surface area contributed by atoms with E-state index in [9.17, 15) is 0 Å². The molecule has 8 nitrogen and oxygen atoms in total. The van der Waals surface area contributed by atoms with Crippen molar-refractivity contribution >= 4 is 88.3 Å². The molecule has 0 radical (unpaired) electrons. The Labute approximate surface area is 244 Å². The van der Waals surface area contributed by atoms with Gasteiger partial charge in [-0.3, -0.25) is 0 Å². The summed E-state index contributed by atoms with van der Waals surface area (Å²) in [6.07, 6.45) is 0. The summed E-state index contributed by atoms with van der Waals surface area (Å²) in [5.74, 6) is 0. The van der Waals surface area contributed by atoms with Gasteiger partial charge in [0.1, 0.15) is 11.3 Å². The molecule has 4 aromatic carbocycles. The number of aromatic nitrogens is 8. The summed E-state index contributed by atoms with van der Waals surface area (Å²) in [5.41, 5.74) is 5.84. The van der Waals surface area contributed by atoms with Gasteiger partial charge in [-0.25, -0.2) is 0 Å². The van der Waals surface area contributed by atoms with Gasteiger partial charge in [0.2, 0.25) is 0 Å². The van der Waals surface area contributed by atoms with E-state index in [1.54, 1.807) is 0 Å². The first kappa shape index (κ1) is 23.7. The summed E-state index contributed by atoms with van der Waals surface area (Å²) in [7, 11) is 0. The SMILES string of the molecule is [Zn+2].c1ccc2c3nc4[nH]c([nH]c5[nH]c([nH]c6[n-]c(nc([n-]3)c2c1)c1ccccc61)c1ccccc51)c1ccccc41. The van der Waals surface area contributed by atoms with Crippen LogP contribution >= 0.6 is 0 Å². The number of fused-ring (bicyclic) bond motifs is 20. The Morgan fingerprint density at radius 1 is 0.390 bits per heavy atom. The summed E-state index contributed by atoms with van der Waals surface area (Å²) in [6, 6.07) is 32.7. The molecular weight excluding hydrogens is 562 g/mol. The van der Waals surface area contributed by atoms with E-state index in [1.165, 1.54) is 0 Å². The smallest absolute Gasteiger partial charge is 0.400 e. The molecule has 0 aliphatic carbocycles. The predicted molar refractivity (Wildman–Crippen MR) is 161 cm³/mol. The number of hydrogen-bond acceptors (Lipinski definition) is 2. The molecule has 0 saturated heterocycles. The summed E-state index contributed by atoms with van der Waals surface area (Å²) in [5, 5.41) is 7.95. The Morgan fingerprint density at radius 3 is 1.44 bits per heavy atom. The third kappa shape index (κ3) is 3.56. The number of nitrogens with one attached hydrogen (secondary N) is 4. The Morgan fingerprint density at radius 2 is 0.805 bits per heavy atom. The molecule has 0 saturated carbocycles. The molecule has 0 amide bonds. The van der Waals surface area contributed by atoms with Crippen LogP contribution in [0, 0.1) is 0 Å². The molecule has 190 valence electrons. The molecular formula is C32H20N8Zn. The summed E-state index contributed by atoms with van der Waals surface area (Å²) in [6.45, 7) is 0. The van der Waals surface area contributed by atoms with Gasteiger partial charge in [-0.2, -0.15) is 0 Å². The molecule has 9 heteroatoms. The van der Waals surface area contributed by atoms with Gasteiger partial charge >= 0.3 is 19.5 Å². The second-order valence-corrected chi connectivity index (χ2v) is 9.92. The van der Waals surface area contributed by atoms with Crippen molar-refractivity contribution in [1.82, 2.24) is 39.9 Å². The third-order valence-corrected chi connectivity index (χ3v) is 7.60. The maximum atomic E-state index is 5.04. The topological polar surface area (TPSA) is 117 Å². The van der Waals surface area contributed by atoms with Gasteiger partial charge in [0.25, 0.3) is 0 Å². The average Bonchev–Trinajstić information content (AvgIpc) is 3.73. The van der Waals surface area contributed by atoms with Crippen molar-refractivity contribution in [3.05, 3.63) is 97.1 Å². The van der Waals surface area contributed by atoms with Crippen LogP contribution in [0.1, 0.15) is 0 Å². The van der Waals surface area contributed by atoms with E-state index in [0.29, 0.717) is 16.9 Å². The van der Waals surface area contributed by atoms with Gasteiger partial charge in [0, 0.05) is 44.1 Å². The molecule has 4 N–H and O–H groups in total. The molecule has 0 aliphatic rings. The third-order valence-electron chi connectivity index (χ3n) is 7.60. The van der Waals surface area contributed by atoms with E-state index in [4.69, 9.17) is 19.9 Å².